The van der Waals surface area contributed by atoms with Gasteiger partial charge >= 0.3 is 29.9 Å². The van der Waals surface area contributed by atoms with E-state index in [1.807, 2.05) is 0 Å². The van der Waals surface area contributed by atoms with Gasteiger partial charge in [-0.3, -0.25) is 0 Å². The first kappa shape index (κ1) is 21.3. The van der Waals surface area contributed by atoms with Crippen LogP contribution >= 0.6 is 0 Å². The Morgan fingerprint density at radius 3 is 1.23 bits per heavy atom. The fourth-order valence-corrected chi connectivity index (χ4v) is 1.88. The van der Waals surface area contributed by atoms with Gasteiger partial charge in [0.2, 0.25) is 0 Å². The van der Waals surface area contributed by atoms with E-state index >= 15 is 0 Å². The molecule has 0 saturated heterocycles. The summed E-state index contributed by atoms with van der Waals surface area (Å²) in [6.07, 6.45) is -9.47. The Bertz CT molecular complexity index is 399. The fourth-order valence-electron chi connectivity index (χ4n) is 1.14. The molecule has 3 nitrogen and oxygen atoms in total. The molecule has 0 aromatic rings. The third-order valence-electron chi connectivity index (χ3n) is 2.48. The molecule has 0 rings (SSSR count). The van der Waals surface area contributed by atoms with Crippen LogP contribution in [-0.2, 0) is 0 Å². The van der Waals surface area contributed by atoms with E-state index in [1.54, 1.807) is 0 Å². The molecule has 134 valence electrons. The topological polar surface area (TPSA) is 78.1 Å². The molecule has 0 aliphatic heterocycles. The van der Waals surface area contributed by atoms with E-state index in [1.165, 1.54) is 0 Å². The quantitative estimate of drug-likeness (QED) is 0.494. The molecular formula is C7H10F11N3Si. The molecule has 0 aromatic heterocycles. The highest BCUT2D eigenvalue weighted by Gasteiger charge is 2.86. The van der Waals surface area contributed by atoms with Crippen LogP contribution < -0.4 is 16.2 Å². The molecule has 0 bridgehead atoms. The normalized spacial score (nSPS) is 16.1. The van der Waals surface area contributed by atoms with Gasteiger partial charge in [-0.2, -0.15) is 48.3 Å². The number of hydrogen-bond donors (Lipinski definition) is 3. The Kier molecular flexibility index (Phi) is 5.28. The average molecular weight is 373 g/mol. The maximum absolute atomic E-state index is 13.1. The van der Waals surface area contributed by atoms with Crippen LogP contribution in [0.3, 0.4) is 0 Å². The maximum atomic E-state index is 13.1. The summed E-state index contributed by atoms with van der Waals surface area (Å²) in [6.45, 7) is 0. The molecule has 0 aromatic carbocycles. The second-order valence-corrected chi connectivity index (χ2v) is 7.26. The number of rotatable bonds is 6. The van der Waals surface area contributed by atoms with Gasteiger partial charge in [0.15, 0.2) is 0 Å². The van der Waals surface area contributed by atoms with Crippen LogP contribution in [0.2, 0.25) is 6.04 Å². The van der Waals surface area contributed by atoms with E-state index in [0.717, 1.165) is 0 Å². The first-order chi connectivity index (χ1) is 9.21. The predicted molar refractivity (Wildman–Crippen MR) is 53.6 cm³/mol. The third-order valence-corrected chi connectivity index (χ3v) is 3.59. The van der Waals surface area contributed by atoms with Crippen molar-refractivity contribution in [2.45, 2.75) is 42.3 Å². The van der Waals surface area contributed by atoms with Gasteiger partial charge in [-0.1, -0.05) is 0 Å². The molecule has 0 atom stereocenters. The highest BCUT2D eigenvalue weighted by atomic mass is 28.4. The van der Waals surface area contributed by atoms with E-state index < -0.39 is 50.9 Å². The Balaban J connectivity index is 5.69. The van der Waals surface area contributed by atoms with E-state index in [2.05, 4.69) is 0 Å². The number of halogens is 11. The zero-order valence-corrected chi connectivity index (χ0v) is 11.3. The lowest BCUT2D eigenvalue weighted by Crippen LogP contribution is -2.68. The summed E-state index contributed by atoms with van der Waals surface area (Å²) in [6, 6.07) is -1.33. The fraction of sp³-hybridized carbons (Fsp3) is 1.00. The van der Waals surface area contributed by atoms with Crippen molar-refractivity contribution in [3.8, 4) is 0 Å². The van der Waals surface area contributed by atoms with Gasteiger partial charge in [-0.05, 0) is 6.04 Å². The average Bonchev–Trinajstić information content (AvgIpc) is 2.23. The van der Waals surface area contributed by atoms with Crippen molar-refractivity contribution in [1.29, 1.82) is 0 Å². The van der Waals surface area contributed by atoms with Crippen molar-refractivity contribution in [3.63, 3.8) is 0 Å². The lowest BCUT2D eigenvalue weighted by molar-refractivity contribution is -0.422. The molecule has 0 amide bonds. The summed E-state index contributed by atoms with van der Waals surface area (Å²) in [4.78, 5) is 0. The molecule has 0 spiro atoms. The molecule has 6 N–H and O–H groups in total. The minimum Gasteiger partial charge on any atom is -0.327 e. The highest BCUT2D eigenvalue weighted by molar-refractivity contribution is 6.70. The smallest absolute Gasteiger partial charge is 0.327 e. The van der Waals surface area contributed by atoms with Crippen LogP contribution in [0.4, 0.5) is 48.3 Å². The summed E-state index contributed by atoms with van der Waals surface area (Å²) in [5, 5.41) is 14.6. The molecule has 0 radical (unpaired) electrons. The molecule has 15 heteroatoms. The van der Waals surface area contributed by atoms with Crippen LogP contribution in [0.1, 0.15) is 6.42 Å². The van der Waals surface area contributed by atoms with Crippen LogP contribution in [0.15, 0.2) is 0 Å². The van der Waals surface area contributed by atoms with Crippen molar-refractivity contribution >= 4 is 8.56 Å². The van der Waals surface area contributed by atoms with Gasteiger partial charge in [0.05, 0.1) is 0 Å². The molecule has 0 aliphatic rings. The van der Waals surface area contributed by atoms with Gasteiger partial charge in [-0.15, -0.1) is 0 Å². The summed E-state index contributed by atoms with van der Waals surface area (Å²) >= 11 is 0. The van der Waals surface area contributed by atoms with Crippen LogP contribution in [-0.4, -0.2) is 38.4 Å². The van der Waals surface area contributed by atoms with Crippen molar-refractivity contribution in [3.05, 3.63) is 0 Å². The molecule has 0 fully saturated rings. The second kappa shape index (κ2) is 5.45. The lowest BCUT2D eigenvalue weighted by atomic mass is 9.96. The summed E-state index contributed by atoms with van der Waals surface area (Å²) in [5.41, 5.74) is 0. The van der Waals surface area contributed by atoms with Gasteiger partial charge in [0.1, 0.15) is 0 Å². The van der Waals surface area contributed by atoms with Gasteiger partial charge < -0.3 is 16.2 Å². The number of hydrogen-bond acceptors (Lipinski definition) is 3. The largest absolute Gasteiger partial charge is 0.460 e. The molecule has 0 unspecified atom stereocenters. The zero-order chi connectivity index (χ0) is 18.4. The van der Waals surface area contributed by atoms with Crippen LogP contribution in [0.25, 0.3) is 0 Å². The summed E-state index contributed by atoms with van der Waals surface area (Å²) in [5.74, 6) is -27.8. The standard InChI is InChI=1S/C7H10F11N3Si/c8-3(9,1-2-22(19,20)21)4(10,11)5(12,13)6(14,15)7(16,17)18/h1-2,19-21H2. The van der Waals surface area contributed by atoms with Crippen LogP contribution in [0.5, 0.6) is 0 Å². The van der Waals surface area contributed by atoms with Crippen molar-refractivity contribution < 1.29 is 48.3 Å². The summed E-state index contributed by atoms with van der Waals surface area (Å²) in [7, 11) is -3.96. The van der Waals surface area contributed by atoms with E-state index in [0.29, 0.717) is 0 Å². The van der Waals surface area contributed by atoms with E-state index in [4.69, 9.17) is 16.2 Å². The van der Waals surface area contributed by atoms with Crippen molar-refractivity contribution in [2.75, 3.05) is 0 Å². The lowest BCUT2D eigenvalue weighted by Gasteiger charge is -2.37. The van der Waals surface area contributed by atoms with Crippen LogP contribution in [0, 0.1) is 0 Å². The molecule has 22 heavy (non-hydrogen) atoms. The Labute approximate surface area is 116 Å². The number of nitrogens with two attached hydrogens (primary N) is 3. The molecular weight excluding hydrogens is 363 g/mol. The third kappa shape index (κ3) is 3.62. The maximum Gasteiger partial charge on any atom is 0.460 e. The first-order valence-corrected chi connectivity index (χ1v) is 7.59. The molecule has 0 aliphatic carbocycles. The summed E-state index contributed by atoms with van der Waals surface area (Å²) < 4.78 is 138. The minimum atomic E-state index is -7.41. The van der Waals surface area contributed by atoms with E-state index in [9.17, 15) is 48.3 Å². The van der Waals surface area contributed by atoms with Crippen molar-refractivity contribution in [2.24, 2.45) is 16.2 Å². The second-order valence-electron chi connectivity index (χ2n) is 4.54. The Morgan fingerprint density at radius 2 is 0.955 bits per heavy atom. The molecule has 0 saturated carbocycles. The zero-order valence-electron chi connectivity index (χ0n) is 10.3. The minimum absolute atomic E-state index is 1.33. The predicted octanol–water partition coefficient (Wildman–Crippen LogP) is 2.29. The molecule has 0 heterocycles. The van der Waals surface area contributed by atoms with Gasteiger partial charge in [0.25, 0.3) is 8.56 Å². The van der Waals surface area contributed by atoms with Crippen molar-refractivity contribution in [1.82, 2.24) is 0 Å². The van der Waals surface area contributed by atoms with E-state index in [-0.39, 0.29) is 0 Å². The SMILES string of the molecule is N[Si](N)(N)CCC(F)(F)C(F)(F)C(F)(F)C(F)(F)C(F)(F)F. The Hall–Kier alpha value is -0.673. The highest BCUT2D eigenvalue weighted by Crippen LogP contribution is 2.58. The Morgan fingerprint density at radius 1 is 0.591 bits per heavy atom. The van der Waals surface area contributed by atoms with Gasteiger partial charge in [-0.25, -0.2) is 0 Å². The monoisotopic (exact) mass is 373 g/mol. The number of alkyl halides is 11. The van der Waals surface area contributed by atoms with Gasteiger partial charge in [0, 0.05) is 6.42 Å². The first-order valence-electron chi connectivity index (χ1n) is 5.15.